The molecule has 33 heavy (non-hydrogen) atoms. The van der Waals surface area contributed by atoms with Crippen molar-refractivity contribution >= 4 is 44.9 Å². The predicted molar refractivity (Wildman–Crippen MR) is 129 cm³/mol. The van der Waals surface area contributed by atoms with Crippen molar-refractivity contribution in [1.29, 1.82) is 0 Å². The normalized spacial score (nSPS) is 17.1. The topological polar surface area (TPSA) is 76.1 Å². The molecule has 1 amide bonds. The van der Waals surface area contributed by atoms with Crippen LogP contribution < -0.4 is 14.4 Å². The Bertz CT molecular complexity index is 1250. The number of aliphatic hydroxyl groups is 1. The van der Waals surface area contributed by atoms with E-state index < -0.39 is 23.7 Å². The van der Waals surface area contributed by atoms with Crippen molar-refractivity contribution in [1.82, 2.24) is 0 Å². The van der Waals surface area contributed by atoms with E-state index in [9.17, 15) is 14.7 Å². The molecule has 4 rings (SSSR count). The van der Waals surface area contributed by atoms with Gasteiger partial charge in [-0.3, -0.25) is 9.59 Å². The molecule has 6 nitrogen and oxygen atoms in total. The fourth-order valence-electron chi connectivity index (χ4n) is 4.00. The molecule has 1 unspecified atom stereocenters. The maximum Gasteiger partial charge on any atom is 0.264 e. The molecule has 3 aromatic rings. The zero-order valence-electron chi connectivity index (χ0n) is 18.0. The number of halogens is 2. The molecule has 1 heterocycles. The van der Waals surface area contributed by atoms with Crippen LogP contribution in [0, 0.1) is 0 Å². The van der Waals surface area contributed by atoms with Gasteiger partial charge in [0.15, 0.2) is 11.4 Å². The molecule has 0 spiro atoms. The highest BCUT2D eigenvalue weighted by Gasteiger charge is 2.51. The number of fused-ring (bicyclic) bond motifs is 1. The maximum atomic E-state index is 13.5. The van der Waals surface area contributed by atoms with Crippen molar-refractivity contribution in [3.8, 4) is 11.5 Å². The minimum absolute atomic E-state index is 0.162. The number of amides is 1. The second kappa shape index (κ2) is 9.17. The number of carbonyl (C=O) groups excluding carboxylic acids is 2. The van der Waals surface area contributed by atoms with Crippen molar-refractivity contribution in [2.75, 3.05) is 19.1 Å². The van der Waals surface area contributed by atoms with Gasteiger partial charge in [-0.1, -0.05) is 45.7 Å². The summed E-state index contributed by atoms with van der Waals surface area (Å²) < 4.78 is 11.2. The summed E-state index contributed by atoms with van der Waals surface area (Å²) >= 11 is 9.71. The Morgan fingerprint density at radius 3 is 2.55 bits per heavy atom. The molecule has 1 N–H and O–H groups in total. The highest BCUT2D eigenvalue weighted by molar-refractivity contribution is 9.10. The first-order chi connectivity index (χ1) is 15.8. The summed E-state index contributed by atoms with van der Waals surface area (Å²) in [6.07, 6.45) is -0.447. The fourth-order valence-corrected chi connectivity index (χ4v) is 4.56. The van der Waals surface area contributed by atoms with E-state index in [0.29, 0.717) is 32.2 Å². The van der Waals surface area contributed by atoms with Crippen LogP contribution in [0.15, 0.2) is 65.1 Å². The van der Waals surface area contributed by atoms with Gasteiger partial charge in [-0.2, -0.15) is 0 Å². The van der Waals surface area contributed by atoms with Crippen molar-refractivity contribution < 1.29 is 24.2 Å². The van der Waals surface area contributed by atoms with Crippen LogP contribution in [0.3, 0.4) is 0 Å². The summed E-state index contributed by atoms with van der Waals surface area (Å²) in [7, 11) is 2.96. The second-order valence-corrected chi connectivity index (χ2v) is 8.99. The molecular weight excluding hydrogens is 510 g/mol. The standard InChI is InChI=1S/C25H21BrClNO5/c1-32-17-8-9-18(23(12-17)33-2)22(29)13-25(31)19-11-16(26)7-10-21(19)28(24(25)30)14-15-5-3-4-6-20(15)27/h3-12,31H,13-14H2,1-2H3. The van der Waals surface area contributed by atoms with Crippen LogP contribution in [0.5, 0.6) is 11.5 Å². The number of hydrogen-bond acceptors (Lipinski definition) is 5. The molecule has 0 saturated heterocycles. The molecule has 0 radical (unpaired) electrons. The highest BCUT2D eigenvalue weighted by Crippen LogP contribution is 2.45. The van der Waals surface area contributed by atoms with E-state index in [1.165, 1.54) is 19.1 Å². The van der Waals surface area contributed by atoms with E-state index in [-0.39, 0.29) is 12.1 Å². The van der Waals surface area contributed by atoms with Crippen LogP contribution in [0.2, 0.25) is 5.02 Å². The monoisotopic (exact) mass is 529 g/mol. The molecule has 1 aliphatic rings. The number of benzene rings is 3. The number of methoxy groups -OCH3 is 2. The lowest BCUT2D eigenvalue weighted by molar-refractivity contribution is -0.136. The number of hydrogen-bond donors (Lipinski definition) is 1. The van der Waals surface area contributed by atoms with E-state index in [4.69, 9.17) is 21.1 Å². The maximum absolute atomic E-state index is 13.5. The minimum Gasteiger partial charge on any atom is -0.497 e. The zero-order chi connectivity index (χ0) is 23.8. The van der Waals surface area contributed by atoms with E-state index in [1.807, 2.05) is 12.1 Å². The minimum atomic E-state index is -2.04. The van der Waals surface area contributed by atoms with Crippen LogP contribution in [-0.2, 0) is 16.9 Å². The summed E-state index contributed by atoms with van der Waals surface area (Å²) in [5.74, 6) is -0.192. The first-order valence-electron chi connectivity index (χ1n) is 10.1. The molecule has 0 bridgehead atoms. The predicted octanol–water partition coefficient (Wildman–Crippen LogP) is 5.13. The summed E-state index contributed by atoms with van der Waals surface area (Å²) in [6, 6.07) is 17.2. The Hall–Kier alpha value is -2.87. The average Bonchev–Trinajstić information content (AvgIpc) is 3.01. The Balaban J connectivity index is 1.72. The number of nitrogens with zero attached hydrogens (tertiary/aromatic N) is 1. The second-order valence-electron chi connectivity index (χ2n) is 7.67. The molecule has 3 aromatic carbocycles. The van der Waals surface area contributed by atoms with Crippen LogP contribution in [0.1, 0.15) is 27.9 Å². The van der Waals surface area contributed by atoms with E-state index in [2.05, 4.69) is 15.9 Å². The Kier molecular flexibility index (Phi) is 6.47. The molecule has 8 heteroatoms. The Labute approximate surface area is 204 Å². The third kappa shape index (κ3) is 4.24. The van der Waals surface area contributed by atoms with Gasteiger partial charge in [-0.05, 0) is 42.0 Å². The van der Waals surface area contributed by atoms with Gasteiger partial charge >= 0.3 is 0 Å². The van der Waals surface area contributed by atoms with Crippen LogP contribution in [-0.4, -0.2) is 31.0 Å². The quantitative estimate of drug-likeness (QED) is 0.429. The molecule has 0 saturated carbocycles. The first-order valence-corrected chi connectivity index (χ1v) is 11.3. The summed E-state index contributed by atoms with van der Waals surface area (Å²) in [5.41, 5.74) is -0.174. The van der Waals surface area contributed by atoms with Gasteiger partial charge in [0, 0.05) is 21.1 Å². The number of anilines is 1. The zero-order valence-corrected chi connectivity index (χ0v) is 20.3. The Morgan fingerprint density at radius 1 is 1.09 bits per heavy atom. The SMILES string of the molecule is COc1ccc(C(=O)CC2(O)C(=O)N(Cc3ccccc3Cl)c3ccc(Br)cc32)c(OC)c1. The third-order valence-electron chi connectivity index (χ3n) is 5.71. The largest absolute Gasteiger partial charge is 0.497 e. The first kappa shape index (κ1) is 23.3. The smallest absolute Gasteiger partial charge is 0.264 e. The summed E-state index contributed by atoms with van der Waals surface area (Å²) in [5, 5.41) is 12.1. The van der Waals surface area contributed by atoms with Gasteiger partial charge in [-0.25, -0.2) is 0 Å². The van der Waals surface area contributed by atoms with Crippen LogP contribution in [0.25, 0.3) is 0 Å². The van der Waals surface area contributed by atoms with Gasteiger partial charge in [0.05, 0.1) is 38.4 Å². The number of ketones is 1. The van der Waals surface area contributed by atoms with Gasteiger partial charge < -0.3 is 19.5 Å². The lowest BCUT2D eigenvalue weighted by Gasteiger charge is -2.23. The number of Topliss-reactive ketones (excluding diaryl/α,β-unsaturated/α-hetero) is 1. The Morgan fingerprint density at radius 2 is 1.85 bits per heavy atom. The molecule has 0 aromatic heterocycles. The van der Waals surface area contributed by atoms with E-state index in [1.54, 1.807) is 48.5 Å². The van der Waals surface area contributed by atoms with Crippen LogP contribution in [0.4, 0.5) is 5.69 Å². The fraction of sp³-hybridized carbons (Fsp3) is 0.200. The molecule has 170 valence electrons. The van der Waals surface area contributed by atoms with E-state index >= 15 is 0 Å². The van der Waals surface area contributed by atoms with Gasteiger partial charge in [0.2, 0.25) is 0 Å². The molecule has 0 aliphatic carbocycles. The molecular formula is C25H21BrClNO5. The number of carbonyl (C=O) groups is 2. The van der Waals surface area contributed by atoms with Gasteiger partial charge in [-0.15, -0.1) is 0 Å². The molecule has 0 fully saturated rings. The number of ether oxygens (including phenoxy) is 2. The third-order valence-corrected chi connectivity index (χ3v) is 6.57. The lowest BCUT2D eigenvalue weighted by Crippen LogP contribution is -2.41. The van der Waals surface area contributed by atoms with Crippen molar-refractivity contribution in [2.45, 2.75) is 18.6 Å². The number of rotatable bonds is 7. The van der Waals surface area contributed by atoms with Crippen molar-refractivity contribution in [3.05, 3.63) is 86.8 Å². The van der Waals surface area contributed by atoms with Crippen molar-refractivity contribution in [2.24, 2.45) is 0 Å². The molecule has 1 aliphatic heterocycles. The average molecular weight is 531 g/mol. The lowest BCUT2D eigenvalue weighted by atomic mass is 9.88. The van der Waals surface area contributed by atoms with E-state index in [0.717, 1.165) is 5.56 Å². The molecule has 1 atom stereocenters. The summed E-state index contributed by atoms with van der Waals surface area (Å²) in [4.78, 5) is 28.3. The highest BCUT2D eigenvalue weighted by atomic mass is 79.9. The van der Waals surface area contributed by atoms with Gasteiger partial charge in [0.1, 0.15) is 11.5 Å². The van der Waals surface area contributed by atoms with Crippen LogP contribution >= 0.6 is 27.5 Å². The van der Waals surface area contributed by atoms with Crippen molar-refractivity contribution in [3.63, 3.8) is 0 Å². The summed E-state index contributed by atoms with van der Waals surface area (Å²) in [6.45, 7) is 0.162. The van der Waals surface area contributed by atoms with Gasteiger partial charge in [0.25, 0.3) is 5.91 Å².